The summed E-state index contributed by atoms with van der Waals surface area (Å²) in [5, 5.41) is 0. The molecule has 0 atom stereocenters. The zero-order valence-corrected chi connectivity index (χ0v) is 15.9. The first-order valence-corrected chi connectivity index (χ1v) is 8.56. The SMILES string of the molecule is CCCOc1cc(C#Cc2ccc(C(=O)OC)c(C)c2)ccc1C(=O)OC. The molecule has 0 spiro atoms. The molecule has 0 N–H and O–H groups in total. The van der Waals surface area contributed by atoms with Crippen LogP contribution in [0.4, 0.5) is 0 Å². The van der Waals surface area contributed by atoms with Gasteiger partial charge < -0.3 is 14.2 Å². The maximum absolute atomic E-state index is 11.9. The molecule has 0 saturated heterocycles. The van der Waals surface area contributed by atoms with Gasteiger partial charge in [0.2, 0.25) is 0 Å². The molecule has 0 aliphatic carbocycles. The lowest BCUT2D eigenvalue weighted by Gasteiger charge is -2.09. The van der Waals surface area contributed by atoms with Gasteiger partial charge in [0.15, 0.2) is 0 Å². The average Bonchev–Trinajstić information content (AvgIpc) is 2.69. The maximum Gasteiger partial charge on any atom is 0.341 e. The monoisotopic (exact) mass is 366 g/mol. The standard InChI is InChI=1S/C22H22O5/c1-5-12-27-20-14-17(9-11-19(20)22(24)26-4)7-6-16-8-10-18(15(2)13-16)21(23)25-3/h8-11,13-14H,5,12H2,1-4H3. The first-order chi connectivity index (χ1) is 13.0. The summed E-state index contributed by atoms with van der Waals surface area (Å²) in [5.41, 5.74) is 3.16. The van der Waals surface area contributed by atoms with E-state index in [1.165, 1.54) is 14.2 Å². The molecule has 0 aliphatic rings. The molecule has 140 valence electrons. The fraction of sp³-hybridized carbons (Fsp3) is 0.273. The predicted octanol–water partition coefficient (Wildman–Crippen LogP) is 3.76. The van der Waals surface area contributed by atoms with Gasteiger partial charge in [-0.3, -0.25) is 0 Å². The van der Waals surface area contributed by atoms with Gasteiger partial charge in [-0.1, -0.05) is 18.8 Å². The van der Waals surface area contributed by atoms with E-state index >= 15 is 0 Å². The summed E-state index contributed by atoms with van der Waals surface area (Å²) in [6, 6.07) is 10.4. The summed E-state index contributed by atoms with van der Waals surface area (Å²) in [4.78, 5) is 23.5. The Hall–Kier alpha value is -3.26. The molecule has 27 heavy (non-hydrogen) atoms. The van der Waals surface area contributed by atoms with E-state index in [9.17, 15) is 9.59 Å². The Morgan fingerprint density at radius 1 is 0.889 bits per heavy atom. The molecular formula is C22H22O5. The largest absolute Gasteiger partial charge is 0.493 e. The number of ether oxygens (including phenoxy) is 3. The third-order valence-electron chi connectivity index (χ3n) is 3.83. The van der Waals surface area contributed by atoms with E-state index in [0.717, 1.165) is 17.5 Å². The van der Waals surface area contributed by atoms with Crippen LogP contribution in [-0.4, -0.2) is 32.8 Å². The number of methoxy groups -OCH3 is 2. The lowest BCUT2D eigenvalue weighted by atomic mass is 10.0. The number of hydrogen-bond donors (Lipinski definition) is 0. The van der Waals surface area contributed by atoms with E-state index in [4.69, 9.17) is 14.2 Å². The predicted molar refractivity (Wildman–Crippen MR) is 102 cm³/mol. The Morgan fingerprint density at radius 3 is 2.00 bits per heavy atom. The third-order valence-corrected chi connectivity index (χ3v) is 3.83. The minimum Gasteiger partial charge on any atom is -0.493 e. The molecule has 0 unspecified atom stereocenters. The summed E-state index contributed by atoms with van der Waals surface area (Å²) < 4.78 is 15.2. The van der Waals surface area contributed by atoms with Crippen molar-refractivity contribution in [2.24, 2.45) is 0 Å². The van der Waals surface area contributed by atoms with Gasteiger partial charge in [0.05, 0.1) is 26.4 Å². The first kappa shape index (κ1) is 20.1. The number of rotatable bonds is 5. The smallest absolute Gasteiger partial charge is 0.341 e. The maximum atomic E-state index is 11.9. The van der Waals surface area contributed by atoms with Gasteiger partial charge in [-0.05, 0) is 55.3 Å². The number of carbonyl (C=O) groups is 2. The Morgan fingerprint density at radius 2 is 1.44 bits per heavy atom. The van der Waals surface area contributed by atoms with Crippen LogP contribution in [0.3, 0.4) is 0 Å². The summed E-state index contributed by atoms with van der Waals surface area (Å²) in [6.45, 7) is 4.32. The number of esters is 2. The Kier molecular flexibility index (Phi) is 7.01. The molecule has 0 fully saturated rings. The van der Waals surface area contributed by atoms with Crippen LogP contribution in [0.1, 0.15) is 50.8 Å². The molecule has 5 nitrogen and oxygen atoms in total. The number of aryl methyl sites for hydroxylation is 1. The molecule has 0 aliphatic heterocycles. The molecule has 0 bridgehead atoms. The number of benzene rings is 2. The van der Waals surface area contributed by atoms with Gasteiger partial charge in [0, 0.05) is 11.1 Å². The van der Waals surface area contributed by atoms with Crippen LogP contribution in [0, 0.1) is 18.8 Å². The minimum atomic E-state index is -0.449. The number of carbonyl (C=O) groups excluding carboxylic acids is 2. The van der Waals surface area contributed by atoms with Crippen LogP contribution in [0.25, 0.3) is 0 Å². The van der Waals surface area contributed by atoms with Gasteiger partial charge in [0.1, 0.15) is 11.3 Å². The van der Waals surface area contributed by atoms with Crippen molar-refractivity contribution in [2.75, 3.05) is 20.8 Å². The first-order valence-electron chi connectivity index (χ1n) is 8.56. The lowest BCUT2D eigenvalue weighted by Crippen LogP contribution is -2.06. The van der Waals surface area contributed by atoms with Crippen LogP contribution in [0.15, 0.2) is 36.4 Å². The molecule has 0 amide bonds. The van der Waals surface area contributed by atoms with Gasteiger partial charge >= 0.3 is 11.9 Å². The summed E-state index contributed by atoms with van der Waals surface area (Å²) in [5.74, 6) is 5.74. The van der Waals surface area contributed by atoms with Crippen LogP contribution >= 0.6 is 0 Å². The van der Waals surface area contributed by atoms with Crippen molar-refractivity contribution < 1.29 is 23.8 Å². The molecular weight excluding hydrogens is 344 g/mol. The normalized spacial score (nSPS) is 9.78. The molecule has 0 aromatic heterocycles. The summed E-state index contributed by atoms with van der Waals surface area (Å²) in [6.07, 6.45) is 0.822. The third kappa shape index (κ3) is 5.11. The zero-order chi connectivity index (χ0) is 19.8. The van der Waals surface area contributed by atoms with Crippen LogP contribution in [-0.2, 0) is 9.47 Å². The van der Waals surface area contributed by atoms with Gasteiger partial charge in [0.25, 0.3) is 0 Å². The molecule has 0 heterocycles. The Labute approximate surface area is 159 Å². The van der Waals surface area contributed by atoms with Crippen molar-refractivity contribution in [3.05, 3.63) is 64.2 Å². The average molecular weight is 366 g/mol. The van der Waals surface area contributed by atoms with Gasteiger partial charge in [-0.2, -0.15) is 0 Å². The van der Waals surface area contributed by atoms with E-state index in [1.54, 1.807) is 30.3 Å². The summed E-state index contributed by atoms with van der Waals surface area (Å²) >= 11 is 0. The van der Waals surface area contributed by atoms with Gasteiger partial charge in [-0.25, -0.2) is 9.59 Å². The fourth-order valence-electron chi connectivity index (χ4n) is 2.43. The van der Waals surface area contributed by atoms with Crippen molar-refractivity contribution in [2.45, 2.75) is 20.3 Å². The van der Waals surface area contributed by atoms with Crippen LogP contribution < -0.4 is 4.74 Å². The van der Waals surface area contributed by atoms with Crippen molar-refractivity contribution in [1.29, 1.82) is 0 Å². The molecule has 0 radical (unpaired) electrons. The highest BCUT2D eigenvalue weighted by atomic mass is 16.5. The molecule has 2 aromatic rings. The second-order valence-corrected chi connectivity index (χ2v) is 5.82. The van der Waals surface area contributed by atoms with Crippen molar-refractivity contribution in [1.82, 2.24) is 0 Å². The van der Waals surface area contributed by atoms with E-state index in [2.05, 4.69) is 11.8 Å². The van der Waals surface area contributed by atoms with Crippen LogP contribution in [0.5, 0.6) is 5.75 Å². The molecule has 2 aromatic carbocycles. The van der Waals surface area contributed by atoms with Crippen molar-refractivity contribution in [3.63, 3.8) is 0 Å². The Bertz CT molecular complexity index is 903. The van der Waals surface area contributed by atoms with Crippen LogP contribution in [0.2, 0.25) is 0 Å². The minimum absolute atomic E-state index is 0.370. The highest BCUT2D eigenvalue weighted by Gasteiger charge is 2.13. The van der Waals surface area contributed by atoms with E-state index in [1.807, 2.05) is 19.9 Å². The van der Waals surface area contributed by atoms with E-state index < -0.39 is 5.97 Å². The highest BCUT2D eigenvalue weighted by Crippen LogP contribution is 2.22. The molecule has 0 saturated carbocycles. The summed E-state index contributed by atoms with van der Waals surface area (Å²) in [7, 11) is 2.69. The lowest BCUT2D eigenvalue weighted by molar-refractivity contribution is 0.0588. The van der Waals surface area contributed by atoms with Gasteiger partial charge in [-0.15, -0.1) is 0 Å². The van der Waals surface area contributed by atoms with E-state index in [0.29, 0.717) is 29.0 Å². The fourth-order valence-corrected chi connectivity index (χ4v) is 2.43. The van der Waals surface area contributed by atoms with Crippen molar-refractivity contribution in [3.8, 4) is 17.6 Å². The number of hydrogen-bond acceptors (Lipinski definition) is 5. The second-order valence-electron chi connectivity index (χ2n) is 5.82. The second kappa shape index (κ2) is 9.44. The molecule has 2 rings (SSSR count). The van der Waals surface area contributed by atoms with Crippen molar-refractivity contribution >= 4 is 11.9 Å². The van der Waals surface area contributed by atoms with E-state index in [-0.39, 0.29) is 5.97 Å². The Balaban J connectivity index is 2.31. The molecule has 5 heteroatoms. The topological polar surface area (TPSA) is 61.8 Å². The highest BCUT2D eigenvalue weighted by molar-refractivity contribution is 5.92. The quantitative estimate of drug-likeness (QED) is 0.596. The zero-order valence-electron chi connectivity index (χ0n) is 15.9.